The maximum atomic E-state index is 8.69. The molecule has 0 amide bonds. The fraction of sp³-hybridized carbons (Fsp3) is 0.583. The van der Waals surface area contributed by atoms with Crippen LogP contribution in [0.25, 0.3) is 0 Å². The Kier molecular flexibility index (Phi) is 4.16. The quantitative estimate of drug-likeness (QED) is 0.348. The molecule has 2 rings (SSSR count). The maximum Gasteiger partial charge on any atom is 0.226 e. The average Bonchev–Trinajstić information content (AvgIpc) is 2.47. The minimum atomic E-state index is 0.00446. The Balaban J connectivity index is 2.18. The third-order valence-corrected chi connectivity index (χ3v) is 3.54. The number of rotatable bonds is 3. The van der Waals surface area contributed by atoms with E-state index in [4.69, 9.17) is 10.9 Å². The Labute approximate surface area is 112 Å². The highest BCUT2D eigenvalue weighted by atomic mass is 16.4. The molecule has 0 aliphatic carbocycles. The molecule has 19 heavy (non-hydrogen) atoms. The number of oxime groups is 1. The topological polar surface area (TPSA) is 90.9 Å². The summed E-state index contributed by atoms with van der Waals surface area (Å²) in [5.74, 6) is 0.639. The molecule has 1 aromatic rings. The normalized spacial score (nSPS) is 21.7. The molecule has 1 aliphatic heterocycles. The number of piperazine rings is 1. The third kappa shape index (κ3) is 2.93. The van der Waals surface area contributed by atoms with Gasteiger partial charge in [0.2, 0.25) is 5.95 Å². The van der Waals surface area contributed by atoms with Gasteiger partial charge >= 0.3 is 0 Å². The van der Waals surface area contributed by atoms with Crippen LogP contribution in [0.5, 0.6) is 0 Å². The monoisotopic (exact) mass is 264 g/mol. The van der Waals surface area contributed by atoms with Gasteiger partial charge in [0.15, 0.2) is 5.84 Å². The standard InChI is InChI=1S/C12H20N6O/c1-3-9-8-18(7-6-17(9)2)12-14-5-4-10(15-12)11(13)16-19/h4-5,9,19H,3,6-8H2,1-2H3,(H2,13,16). The van der Waals surface area contributed by atoms with Crippen molar-refractivity contribution in [1.29, 1.82) is 0 Å². The van der Waals surface area contributed by atoms with Crippen LogP contribution in [-0.4, -0.2) is 58.6 Å². The lowest BCUT2D eigenvalue weighted by molar-refractivity contribution is 0.212. The molecule has 0 radical (unpaired) electrons. The highest BCUT2D eigenvalue weighted by Gasteiger charge is 2.24. The number of amidine groups is 1. The Morgan fingerprint density at radius 2 is 2.37 bits per heavy atom. The van der Waals surface area contributed by atoms with Crippen molar-refractivity contribution in [3.63, 3.8) is 0 Å². The van der Waals surface area contributed by atoms with Gasteiger partial charge in [0, 0.05) is 31.9 Å². The fourth-order valence-electron chi connectivity index (χ4n) is 2.26. The molecule has 1 atom stereocenters. The summed E-state index contributed by atoms with van der Waals surface area (Å²) in [6, 6.07) is 2.14. The lowest BCUT2D eigenvalue weighted by Crippen LogP contribution is -2.51. The second-order valence-corrected chi connectivity index (χ2v) is 4.72. The molecule has 1 aliphatic rings. The van der Waals surface area contributed by atoms with E-state index in [0.717, 1.165) is 26.1 Å². The van der Waals surface area contributed by atoms with Crippen molar-refractivity contribution in [1.82, 2.24) is 14.9 Å². The van der Waals surface area contributed by atoms with E-state index in [1.807, 2.05) is 0 Å². The highest BCUT2D eigenvalue weighted by Crippen LogP contribution is 2.16. The van der Waals surface area contributed by atoms with E-state index in [0.29, 0.717) is 17.7 Å². The molecule has 2 heterocycles. The first-order chi connectivity index (χ1) is 9.15. The molecule has 104 valence electrons. The van der Waals surface area contributed by atoms with Gasteiger partial charge < -0.3 is 15.8 Å². The van der Waals surface area contributed by atoms with Crippen LogP contribution in [0.15, 0.2) is 17.4 Å². The molecule has 0 saturated carbocycles. The Morgan fingerprint density at radius 3 is 3.05 bits per heavy atom. The second kappa shape index (κ2) is 5.83. The van der Waals surface area contributed by atoms with E-state index in [9.17, 15) is 0 Å². The summed E-state index contributed by atoms with van der Waals surface area (Å²) in [4.78, 5) is 13.1. The van der Waals surface area contributed by atoms with Crippen LogP contribution >= 0.6 is 0 Å². The van der Waals surface area contributed by atoms with Crippen LogP contribution in [0.3, 0.4) is 0 Å². The summed E-state index contributed by atoms with van der Waals surface area (Å²) in [7, 11) is 2.14. The summed E-state index contributed by atoms with van der Waals surface area (Å²) in [6.45, 7) is 4.94. The number of hydrogen-bond acceptors (Lipinski definition) is 6. The zero-order valence-electron chi connectivity index (χ0n) is 11.3. The molecule has 7 heteroatoms. The maximum absolute atomic E-state index is 8.69. The lowest BCUT2D eigenvalue weighted by atomic mass is 10.1. The van der Waals surface area contributed by atoms with E-state index >= 15 is 0 Å². The molecular formula is C12H20N6O. The predicted molar refractivity (Wildman–Crippen MR) is 73.5 cm³/mol. The fourth-order valence-corrected chi connectivity index (χ4v) is 2.26. The van der Waals surface area contributed by atoms with Crippen molar-refractivity contribution < 1.29 is 5.21 Å². The summed E-state index contributed by atoms with van der Waals surface area (Å²) in [6.07, 6.45) is 2.72. The lowest BCUT2D eigenvalue weighted by Gasteiger charge is -2.39. The number of hydrogen-bond donors (Lipinski definition) is 2. The molecular weight excluding hydrogens is 244 g/mol. The minimum Gasteiger partial charge on any atom is -0.409 e. The summed E-state index contributed by atoms with van der Waals surface area (Å²) in [5.41, 5.74) is 6.00. The van der Waals surface area contributed by atoms with E-state index < -0.39 is 0 Å². The van der Waals surface area contributed by atoms with Crippen molar-refractivity contribution in [2.45, 2.75) is 19.4 Å². The first kappa shape index (κ1) is 13.5. The summed E-state index contributed by atoms with van der Waals surface area (Å²) in [5, 5.41) is 11.7. The van der Waals surface area contributed by atoms with Crippen molar-refractivity contribution in [2.75, 3.05) is 31.6 Å². The number of anilines is 1. The Hall–Kier alpha value is -1.89. The van der Waals surface area contributed by atoms with Crippen LogP contribution in [0, 0.1) is 0 Å². The van der Waals surface area contributed by atoms with Gasteiger partial charge in [-0.25, -0.2) is 9.97 Å². The van der Waals surface area contributed by atoms with E-state index in [-0.39, 0.29) is 5.84 Å². The van der Waals surface area contributed by atoms with Gasteiger partial charge in [-0.3, -0.25) is 4.90 Å². The smallest absolute Gasteiger partial charge is 0.226 e. The largest absolute Gasteiger partial charge is 0.409 e. The average molecular weight is 264 g/mol. The Morgan fingerprint density at radius 1 is 1.58 bits per heavy atom. The molecule has 1 fully saturated rings. The van der Waals surface area contributed by atoms with Crippen molar-refractivity contribution >= 4 is 11.8 Å². The molecule has 0 bridgehead atoms. The molecule has 3 N–H and O–H groups in total. The third-order valence-electron chi connectivity index (χ3n) is 3.54. The molecule has 1 unspecified atom stereocenters. The first-order valence-electron chi connectivity index (χ1n) is 6.41. The van der Waals surface area contributed by atoms with E-state index in [2.05, 4.69) is 38.9 Å². The molecule has 0 aromatic carbocycles. The summed E-state index contributed by atoms with van der Waals surface area (Å²) >= 11 is 0. The minimum absolute atomic E-state index is 0.00446. The number of nitrogens with two attached hydrogens (primary N) is 1. The van der Waals surface area contributed by atoms with Crippen molar-refractivity contribution in [2.24, 2.45) is 10.9 Å². The van der Waals surface area contributed by atoms with Gasteiger partial charge in [0.25, 0.3) is 0 Å². The van der Waals surface area contributed by atoms with E-state index in [1.165, 1.54) is 0 Å². The van der Waals surface area contributed by atoms with Crippen LogP contribution in [0.1, 0.15) is 19.0 Å². The van der Waals surface area contributed by atoms with Crippen LogP contribution in [0.2, 0.25) is 0 Å². The molecule has 1 aromatic heterocycles. The van der Waals surface area contributed by atoms with Gasteiger partial charge in [-0.2, -0.15) is 0 Å². The van der Waals surface area contributed by atoms with Crippen LogP contribution in [0.4, 0.5) is 5.95 Å². The summed E-state index contributed by atoms with van der Waals surface area (Å²) < 4.78 is 0. The van der Waals surface area contributed by atoms with Gasteiger partial charge in [-0.15, -0.1) is 0 Å². The Bertz CT molecular complexity index is 463. The zero-order valence-corrected chi connectivity index (χ0v) is 11.3. The van der Waals surface area contributed by atoms with Crippen LogP contribution in [-0.2, 0) is 0 Å². The van der Waals surface area contributed by atoms with Crippen molar-refractivity contribution in [3.8, 4) is 0 Å². The molecule has 1 saturated heterocycles. The highest BCUT2D eigenvalue weighted by molar-refractivity contribution is 5.95. The molecule has 7 nitrogen and oxygen atoms in total. The number of nitrogens with zero attached hydrogens (tertiary/aromatic N) is 5. The van der Waals surface area contributed by atoms with Gasteiger partial charge in [0.1, 0.15) is 5.69 Å². The van der Waals surface area contributed by atoms with Crippen LogP contribution < -0.4 is 10.6 Å². The molecule has 0 spiro atoms. The van der Waals surface area contributed by atoms with Gasteiger partial charge in [-0.05, 0) is 19.5 Å². The number of aromatic nitrogens is 2. The SMILES string of the molecule is CCC1CN(c2nccc(/C(N)=N/O)n2)CCN1C. The van der Waals surface area contributed by atoms with Gasteiger partial charge in [-0.1, -0.05) is 12.1 Å². The van der Waals surface area contributed by atoms with Gasteiger partial charge in [0.05, 0.1) is 0 Å². The second-order valence-electron chi connectivity index (χ2n) is 4.72. The predicted octanol–water partition coefficient (Wildman–Crippen LogP) is 0.102. The zero-order chi connectivity index (χ0) is 13.8. The first-order valence-corrected chi connectivity index (χ1v) is 6.41. The van der Waals surface area contributed by atoms with E-state index in [1.54, 1.807) is 12.3 Å². The van der Waals surface area contributed by atoms with Crippen molar-refractivity contribution in [3.05, 3.63) is 18.0 Å². The number of likely N-dealkylation sites (N-methyl/N-ethyl adjacent to an activating group) is 1.